The lowest BCUT2D eigenvalue weighted by Crippen LogP contribution is -2.45. The van der Waals surface area contributed by atoms with Crippen molar-refractivity contribution in [2.75, 3.05) is 6.61 Å². The number of urea groups is 1. The van der Waals surface area contributed by atoms with Gasteiger partial charge in [-0.05, 0) is 44.2 Å². The third kappa shape index (κ3) is 4.24. The molecule has 0 radical (unpaired) electrons. The molecule has 1 atom stereocenters. The number of hydrogen-bond acceptors (Lipinski definition) is 4. The van der Waals surface area contributed by atoms with Crippen molar-refractivity contribution in [2.24, 2.45) is 0 Å². The van der Waals surface area contributed by atoms with Gasteiger partial charge in [-0.3, -0.25) is 0 Å². The predicted molar refractivity (Wildman–Crippen MR) is 97.9 cm³/mol. The minimum atomic E-state index is -4.62. The Morgan fingerprint density at radius 3 is 2.66 bits per heavy atom. The number of nitrogens with one attached hydrogen (secondary N) is 2. The molecule has 2 aromatic rings. The monoisotopic (exact) mass is 428 g/mol. The summed E-state index contributed by atoms with van der Waals surface area (Å²) in [6, 6.07) is 4.80. The number of halogens is 4. The number of esters is 1. The van der Waals surface area contributed by atoms with E-state index >= 15 is 0 Å². The molecule has 0 fully saturated rings. The standard InChI is InChI=1S/C19H16ClF3N2O4/c1-3-28-17(26)15-9(2)24-18(27)25-16(15)14-7-6-13(29-14)10-4-5-12(20)11(8-10)19(21,22)23/h4-8,16H,3H2,1-2H3,(H2,24,25,27). The summed E-state index contributed by atoms with van der Waals surface area (Å²) in [6.07, 6.45) is -4.62. The molecular weight excluding hydrogens is 413 g/mol. The highest BCUT2D eigenvalue weighted by Crippen LogP contribution is 2.38. The van der Waals surface area contributed by atoms with Gasteiger partial charge < -0.3 is 19.8 Å². The minimum absolute atomic E-state index is 0.121. The topological polar surface area (TPSA) is 80.6 Å². The molecular formula is C19H16ClF3N2O4. The summed E-state index contributed by atoms with van der Waals surface area (Å²) in [6.45, 7) is 3.31. The van der Waals surface area contributed by atoms with E-state index in [2.05, 4.69) is 10.6 Å². The summed E-state index contributed by atoms with van der Waals surface area (Å²) in [4.78, 5) is 24.2. The van der Waals surface area contributed by atoms with Crippen molar-refractivity contribution in [3.8, 4) is 11.3 Å². The first-order valence-corrected chi connectivity index (χ1v) is 8.92. The summed E-state index contributed by atoms with van der Waals surface area (Å²) in [7, 11) is 0. The number of rotatable bonds is 4. The number of carbonyl (C=O) groups excluding carboxylic acids is 2. The largest absolute Gasteiger partial charge is 0.463 e. The van der Waals surface area contributed by atoms with Crippen LogP contribution in [0.4, 0.5) is 18.0 Å². The lowest BCUT2D eigenvalue weighted by molar-refractivity contribution is -0.139. The molecule has 0 saturated carbocycles. The molecule has 2 heterocycles. The van der Waals surface area contributed by atoms with Crippen LogP contribution in [0.15, 0.2) is 46.0 Å². The lowest BCUT2D eigenvalue weighted by atomic mass is 10.0. The first-order chi connectivity index (χ1) is 13.6. The molecule has 0 bridgehead atoms. The average Bonchev–Trinajstić information content (AvgIpc) is 3.10. The van der Waals surface area contributed by atoms with Crippen molar-refractivity contribution in [3.05, 3.63) is 57.9 Å². The van der Waals surface area contributed by atoms with Gasteiger partial charge >= 0.3 is 18.2 Å². The highest BCUT2D eigenvalue weighted by Gasteiger charge is 2.35. The summed E-state index contributed by atoms with van der Waals surface area (Å²) < 4.78 is 50.0. The summed E-state index contributed by atoms with van der Waals surface area (Å²) in [5.74, 6) is -0.358. The molecule has 2 N–H and O–H groups in total. The van der Waals surface area contributed by atoms with Crippen molar-refractivity contribution in [1.29, 1.82) is 0 Å². The molecule has 1 aliphatic rings. The van der Waals surface area contributed by atoms with Gasteiger partial charge in [-0.25, -0.2) is 9.59 Å². The second-order valence-electron chi connectivity index (χ2n) is 6.19. The molecule has 1 aromatic carbocycles. The zero-order valence-corrected chi connectivity index (χ0v) is 16.1. The van der Waals surface area contributed by atoms with Crippen molar-refractivity contribution < 1.29 is 31.9 Å². The van der Waals surface area contributed by atoms with Crippen LogP contribution in [0.25, 0.3) is 11.3 Å². The molecule has 10 heteroatoms. The molecule has 0 spiro atoms. The summed E-state index contributed by atoms with van der Waals surface area (Å²) in [5, 5.41) is 4.61. The third-order valence-electron chi connectivity index (χ3n) is 4.23. The first kappa shape index (κ1) is 20.8. The predicted octanol–water partition coefficient (Wildman–Crippen LogP) is 4.81. The second-order valence-corrected chi connectivity index (χ2v) is 6.59. The van der Waals surface area contributed by atoms with Crippen molar-refractivity contribution in [3.63, 3.8) is 0 Å². The smallest absolute Gasteiger partial charge is 0.417 e. The fourth-order valence-electron chi connectivity index (χ4n) is 2.95. The summed E-state index contributed by atoms with van der Waals surface area (Å²) >= 11 is 5.65. The van der Waals surface area contributed by atoms with E-state index in [9.17, 15) is 22.8 Å². The number of alkyl halides is 3. The van der Waals surface area contributed by atoms with Gasteiger partial charge in [0.05, 0.1) is 22.8 Å². The Labute approximate surface area is 168 Å². The highest BCUT2D eigenvalue weighted by atomic mass is 35.5. The van der Waals surface area contributed by atoms with Crippen LogP contribution in [-0.4, -0.2) is 18.6 Å². The van der Waals surface area contributed by atoms with Gasteiger partial charge in [0.2, 0.25) is 0 Å². The van der Waals surface area contributed by atoms with Gasteiger partial charge in [0.15, 0.2) is 0 Å². The van der Waals surface area contributed by atoms with Crippen LogP contribution in [-0.2, 0) is 15.7 Å². The van der Waals surface area contributed by atoms with Crippen LogP contribution < -0.4 is 10.6 Å². The normalized spacial score (nSPS) is 17.0. The fraction of sp³-hybridized carbons (Fsp3) is 0.263. The number of carbonyl (C=O) groups is 2. The molecule has 1 aromatic heterocycles. The average molecular weight is 429 g/mol. The van der Waals surface area contributed by atoms with Crippen molar-refractivity contribution >= 4 is 23.6 Å². The Hall–Kier alpha value is -2.94. The van der Waals surface area contributed by atoms with Crippen LogP contribution in [0.3, 0.4) is 0 Å². The number of amides is 2. The van der Waals surface area contributed by atoms with E-state index in [0.29, 0.717) is 5.70 Å². The molecule has 6 nitrogen and oxygen atoms in total. The molecule has 0 saturated heterocycles. The molecule has 2 amide bonds. The van der Waals surface area contributed by atoms with Crippen LogP contribution in [0.1, 0.15) is 31.2 Å². The Kier molecular flexibility index (Phi) is 5.61. The molecule has 1 unspecified atom stereocenters. The number of ether oxygens (including phenoxy) is 1. The van der Waals surface area contributed by atoms with E-state index in [1.54, 1.807) is 6.92 Å². The van der Waals surface area contributed by atoms with E-state index in [-0.39, 0.29) is 29.3 Å². The molecule has 3 rings (SSSR count). The van der Waals surface area contributed by atoms with Crippen molar-refractivity contribution in [2.45, 2.75) is 26.1 Å². The van der Waals surface area contributed by atoms with Crippen LogP contribution in [0.5, 0.6) is 0 Å². The first-order valence-electron chi connectivity index (χ1n) is 8.54. The van der Waals surface area contributed by atoms with Crippen molar-refractivity contribution in [1.82, 2.24) is 10.6 Å². The lowest BCUT2D eigenvalue weighted by Gasteiger charge is -2.26. The van der Waals surface area contributed by atoms with E-state index < -0.39 is 34.8 Å². The van der Waals surface area contributed by atoms with Gasteiger partial charge in [0, 0.05) is 11.3 Å². The zero-order valence-electron chi connectivity index (χ0n) is 15.3. The maximum atomic E-state index is 13.1. The van der Waals surface area contributed by atoms with Crippen LogP contribution in [0.2, 0.25) is 5.02 Å². The Morgan fingerprint density at radius 2 is 2.00 bits per heavy atom. The van der Waals surface area contributed by atoms with Gasteiger partial charge in [0.25, 0.3) is 0 Å². The number of furan rings is 1. The van der Waals surface area contributed by atoms with E-state index in [1.165, 1.54) is 25.1 Å². The van der Waals surface area contributed by atoms with E-state index in [1.807, 2.05) is 0 Å². The molecule has 0 aliphatic carbocycles. The van der Waals surface area contributed by atoms with Crippen LogP contribution in [0, 0.1) is 0 Å². The van der Waals surface area contributed by atoms with Gasteiger partial charge in [0.1, 0.15) is 17.6 Å². The number of allylic oxidation sites excluding steroid dienone is 1. The van der Waals surface area contributed by atoms with Gasteiger partial charge in [-0.15, -0.1) is 0 Å². The molecule has 154 valence electrons. The number of hydrogen-bond donors (Lipinski definition) is 2. The maximum absolute atomic E-state index is 13.1. The minimum Gasteiger partial charge on any atom is -0.463 e. The summed E-state index contributed by atoms with van der Waals surface area (Å²) in [5.41, 5.74) is -0.417. The van der Waals surface area contributed by atoms with Crippen LogP contribution >= 0.6 is 11.6 Å². The Bertz CT molecular complexity index is 998. The Morgan fingerprint density at radius 1 is 1.28 bits per heavy atom. The number of benzene rings is 1. The quantitative estimate of drug-likeness (QED) is 0.685. The fourth-order valence-corrected chi connectivity index (χ4v) is 3.17. The Balaban J connectivity index is 2.00. The second kappa shape index (κ2) is 7.82. The van der Waals surface area contributed by atoms with E-state index in [4.69, 9.17) is 20.8 Å². The van der Waals surface area contributed by atoms with Gasteiger partial charge in [-0.2, -0.15) is 13.2 Å². The highest BCUT2D eigenvalue weighted by molar-refractivity contribution is 6.31. The molecule has 1 aliphatic heterocycles. The SMILES string of the molecule is CCOC(=O)C1=C(C)NC(=O)NC1c1ccc(-c2ccc(Cl)c(C(F)(F)F)c2)o1. The zero-order chi connectivity index (χ0) is 21.3. The third-order valence-corrected chi connectivity index (χ3v) is 4.56. The van der Waals surface area contributed by atoms with Gasteiger partial charge in [-0.1, -0.05) is 11.6 Å². The maximum Gasteiger partial charge on any atom is 0.417 e. The van der Waals surface area contributed by atoms with E-state index in [0.717, 1.165) is 12.1 Å². The molecule has 29 heavy (non-hydrogen) atoms.